The van der Waals surface area contributed by atoms with Crippen molar-refractivity contribution in [2.24, 2.45) is 0 Å². The van der Waals surface area contributed by atoms with Crippen LogP contribution >= 0.6 is 0 Å². The number of anilines is 2. The Morgan fingerprint density at radius 3 is 2.62 bits per heavy atom. The van der Waals surface area contributed by atoms with Gasteiger partial charge in [-0.1, -0.05) is 43.3 Å². The fourth-order valence-electron chi connectivity index (χ4n) is 2.20. The maximum Gasteiger partial charge on any atom is 0.144 e. The van der Waals surface area contributed by atoms with Crippen molar-refractivity contribution >= 4 is 11.4 Å². The molecule has 0 amide bonds. The van der Waals surface area contributed by atoms with Gasteiger partial charge in [0.25, 0.3) is 0 Å². The number of nitrogens with two attached hydrogens (primary N) is 1. The van der Waals surface area contributed by atoms with Gasteiger partial charge >= 0.3 is 0 Å². The van der Waals surface area contributed by atoms with Crippen LogP contribution in [0.1, 0.15) is 25.3 Å². The summed E-state index contributed by atoms with van der Waals surface area (Å²) in [7, 11) is 0. The number of benzene rings is 2. The highest BCUT2D eigenvalue weighted by Crippen LogP contribution is 2.29. The second kappa shape index (κ2) is 8.20. The largest absolute Gasteiger partial charge is 0.491 e. The van der Waals surface area contributed by atoms with Gasteiger partial charge in [-0.2, -0.15) is 0 Å². The third-order valence-corrected chi connectivity index (χ3v) is 3.33. The molecule has 3 heteroatoms. The lowest BCUT2D eigenvalue weighted by atomic mass is 10.1. The van der Waals surface area contributed by atoms with Crippen molar-refractivity contribution in [3.63, 3.8) is 0 Å². The van der Waals surface area contributed by atoms with Crippen molar-refractivity contribution in [1.82, 2.24) is 0 Å². The Kier molecular flexibility index (Phi) is 5.95. The van der Waals surface area contributed by atoms with Crippen molar-refractivity contribution < 1.29 is 4.74 Å². The topological polar surface area (TPSA) is 47.3 Å². The van der Waals surface area contributed by atoms with Gasteiger partial charge in [0.1, 0.15) is 5.75 Å². The molecule has 0 spiro atoms. The van der Waals surface area contributed by atoms with Crippen LogP contribution in [0.2, 0.25) is 0 Å². The van der Waals surface area contributed by atoms with Crippen molar-refractivity contribution in [1.29, 1.82) is 0 Å². The van der Waals surface area contributed by atoms with E-state index in [1.165, 1.54) is 5.56 Å². The summed E-state index contributed by atoms with van der Waals surface area (Å²) in [5.41, 5.74) is 9.15. The number of rotatable bonds is 8. The molecular weight excluding hydrogens is 260 g/mol. The van der Waals surface area contributed by atoms with Crippen LogP contribution in [0.25, 0.3) is 0 Å². The second-order valence-electron chi connectivity index (χ2n) is 5.08. The lowest BCUT2D eigenvalue weighted by Crippen LogP contribution is -2.07. The number of aryl methyl sites for hydroxylation is 1. The highest BCUT2D eigenvalue weighted by molar-refractivity contribution is 5.72. The molecule has 0 bridgehead atoms. The van der Waals surface area contributed by atoms with Gasteiger partial charge in [0, 0.05) is 6.54 Å². The maximum atomic E-state index is 6.13. The van der Waals surface area contributed by atoms with E-state index in [-0.39, 0.29) is 0 Å². The molecule has 112 valence electrons. The summed E-state index contributed by atoms with van der Waals surface area (Å²) < 4.78 is 5.64. The van der Waals surface area contributed by atoms with E-state index < -0.39 is 0 Å². The van der Waals surface area contributed by atoms with Crippen molar-refractivity contribution in [3.05, 3.63) is 54.1 Å². The van der Waals surface area contributed by atoms with Crippen LogP contribution in [0, 0.1) is 0 Å². The van der Waals surface area contributed by atoms with Crippen LogP contribution in [0.3, 0.4) is 0 Å². The second-order valence-corrected chi connectivity index (χ2v) is 5.08. The standard InChI is InChI=1S/C18H24N2O/c1-2-14-21-17-12-6-11-16(18(17)19)20-13-7-10-15-8-4-3-5-9-15/h3-6,8-9,11-12,20H,2,7,10,13-14,19H2,1H3. The molecular formula is C18H24N2O. The van der Waals surface area contributed by atoms with Crippen LogP contribution in [-0.4, -0.2) is 13.2 Å². The molecule has 0 radical (unpaired) electrons. The molecule has 0 aliphatic heterocycles. The Bertz CT molecular complexity index is 540. The quantitative estimate of drug-likeness (QED) is 0.566. The molecule has 0 heterocycles. The summed E-state index contributed by atoms with van der Waals surface area (Å²) in [5, 5.41) is 3.40. The zero-order valence-corrected chi connectivity index (χ0v) is 12.6. The molecule has 0 fully saturated rings. The molecule has 0 atom stereocenters. The van der Waals surface area contributed by atoms with Gasteiger partial charge in [-0.05, 0) is 37.0 Å². The Morgan fingerprint density at radius 2 is 1.86 bits per heavy atom. The minimum absolute atomic E-state index is 0.696. The van der Waals surface area contributed by atoms with Crippen LogP contribution in [-0.2, 0) is 6.42 Å². The first-order valence-electron chi connectivity index (χ1n) is 7.60. The van der Waals surface area contributed by atoms with E-state index in [2.05, 4.69) is 36.5 Å². The number of nitrogen functional groups attached to an aromatic ring is 1. The summed E-state index contributed by atoms with van der Waals surface area (Å²) in [6.07, 6.45) is 3.12. The predicted octanol–water partition coefficient (Wildman–Crippen LogP) is 4.10. The van der Waals surface area contributed by atoms with Gasteiger partial charge in [0.2, 0.25) is 0 Å². The first-order chi connectivity index (χ1) is 10.3. The molecule has 0 unspecified atom stereocenters. The minimum atomic E-state index is 0.696. The zero-order chi connectivity index (χ0) is 14.9. The van der Waals surface area contributed by atoms with E-state index >= 15 is 0 Å². The van der Waals surface area contributed by atoms with Crippen molar-refractivity contribution in [2.75, 3.05) is 24.2 Å². The monoisotopic (exact) mass is 284 g/mol. The minimum Gasteiger partial charge on any atom is -0.491 e. The average molecular weight is 284 g/mol. The molecule has 3 N–H and O–H groups in total. The summed E-state index contributed by atoms with van der Waals surface area (Å²) in [5.74, 6) is 0.768. The molecule has 2 aromatic carbocycles. The van der Waals surface area contributed by atoms with E-state index in [1.54, 1.807) is 0 Å². The van der Waals surface area contributed by atoms with E-state index in [4.69, 9.17) is 10.5 Å². The Hall–Kier alpha value is -2.16. The SMILES string of the molecule is CCCOc1cccc(NCCCc2ccccc2)c1N. The lowest BCUT2D eigenvalue weighted by Gasteiger charge is -2.13. The smallest absolute Gasteiger partial charge is 0.144 e. The third-order valence-electron chi connectivity index (χ3n) is 3.33. The van der Waals surface area contributed by atoms with Gasteiger partial charge in [0.15, 0.2) is 0 Å². The molecule has 21 heavy (non-hydrogen) atoms. The number of hydrogen-bond acceptors (Lipinski definition) is 3. The number of hydrogen-bond donors (Lipinski definition) is 2. The highest BCUT2D eigenvalue weighted by Gasteiger charge is 2.05. The molecule has 2 rings (SSSR count). The van der Waals surface area contributed by atoms with E-state index in [1.807, 2.05) is 24.3 Å². The van der Waals surface area contributed by atoms with Crippen LogP contribution in [0.4, 0.5) is 11.4 Å². The summed E-state index contributed by atoms with van der Waals surface area (Å²) in [4.78, 5) is 0. The Balaban J connectivity index is 1.83. The summed E-state index contributed by atoms with van der Waals surface area (Å²) in [6, 6.07) is 16.4. The Labute approximate surface area is 127 Å². The predicted molar refractivity (Wildman–Crippen MR) is 89.9 cm³/mol. The zero-order valence-electron chi connectivity index (χ0n) is 12.6. The number of ether oxygens (including phenoxy) is 1. The number of para-hydroxylation sites is 1. The molecule has 0 saturated carbocycles. The van der Waals surface area contributed by atoms with E-state index in [0.717, 1.165) is 37.2 Å². The van der Waals surface area contributed by atoms with Crippen molar-refractivity contribution in [2.45, 2.75) is 26.2 Å². The van der Waals surface area contributed by atoms with Gasteiger partial charge in [-0.15, -0.1) is 0 Å². The maximum absolute atomic E-state index is 6.13. The highest BCUT2D eigenvalue weighted by atomic mass is 16.5. The molecule has 0 aliphatic rings. The number of nitrogens with one attached hydrogen (secondary N) is 1. The molecule has 0 aromatic heterocycles. The fourth-order valence-corrected chi connectivity index (χ4v) is 2.20. The first-order valence-corrected chi connectivity index (χ1v) is 7.60. The van der Waals surface area contributed by atoms with Crippen LogP contribution < -0.4 is 15.8 Å². The van der Waals surface area contributed by atoms with Gasteiger partial charge in [-0.25, -0.2) is 0 Å². The van der Waals surface area contributed by atoms with Gasteiger partial charge in [-0.3, -0.25) is 0 Å². The van der Waals surface area contributed by atoms with E-state index in [0.29, 0.717) is 12.3 Å². The van der Waals surface area contributed by atoms with Gasteiger partial charge in [0.05, 0.1) is 18.0 Å². The van der Waals surface area contributed by atoms with Crippen LogP contribution in [0.15, 0.2) is 48.5 Å². The Morgan fingerprint density at radius 1 is 1.05 bits per heavy atom. The van der Waals surface area contributed by atoms with E-state index in [9.17, 15) is 0 Å². The third kappa shape index (κ3) is 4.71. The first kappa shape index (κ1) is 15.2. The van der Waals surface area contributed by atoms with Crippen LogP contribution in [0.5, 0.6) is 5.75 Å². The fraction of sp³-hybridized carbons (Fsp3) is 0.333. The van der Waals surface area contributed by atoms with Gasteiger partial charge < -0.3 is 15.8 Å². The lowest BCUT2D eigenvalue weighted by molar-refractivity contribution is 0.319. The molecule has 0 saturated heterocycles. The normalized spacial score (nSPS) is 10.3. The average Bonchev–Trinajstić information content (AvgIpc) is 2.53. The molecule has 2 aromatic rings. The molecule has 3 nitrogen and oxygen atoms in total. The van der Waals surface area contributed by atoms with Crippen molar-refractivity contribution in [3.8, 4) is 5.75 Å². The summed E-state index contributed by atoms with van der Waals surface area (Å²) >= 11 is 0. The summed E-state index contributed by atoms with van der Waals surface area (Å²) in [6.45, 7) is 3.68. The molecule has 0 aliphatic carbocycles.